The van der Waals surface area contributed by atoms with Gasteiger partial charge in [-0.1, -0.05) is 12.1 Å². The summed E-state index contributed by atoms with van der Waals surface area (Å²) in [7, 11) is -4.08. The molecular formula is C21H16F2N4O3S. The smallest absolute Gasteiger partial charge is 0.267 e. The summed E-state index contributed by atoms with van der Waals surface area (Å²) in [4.78, 5) is 18.7. The normalized spacial score (nSPS) is 11.5. The van der Waals surface area contributed by atoms with Crippen molar-refractivity contribution in [3.8, 4) is 0 Å². The van der Waals surface area contributed by atoms with Crippen LogP contribution in [0.15, 0.2) is 70.6 Å². The maximum atomic E-state index is 13.4. The number of sulfone groups is 1. The second kappa shape index (κ2) is 7.80. The van der Waals surface area contributed by atoms with Gasteiger partial charge in [-0.3, -0.25) is 4.79 Å². The minimum absolute atomic E-state index is 0.117. The molecule has 2 heterocycles. The highest BCUT2D eigenvalue weighted by Crippen LogP contribution is 2.23. The van der Waals surface area contributed by atoms with Crippen LogP contribution < -0.4 is 11.1 Å². The van der Waals surface area contributed by atoms with E-state index < -0.39 is 26.4 Å². The number of hydrogen-bond acceptors (Lipinski definition) is 5. The van der Waals surface area contributed by atoms with E-state index in [1.54, 1.807) is 18.3 Å². The summed E-state index contributed by atoms with van der Waals surface area (Å²) in [6.45, 7) is 0.142. The van der Waals surface area contributed by atoms with Crippen LogP contribution in [-0.4, -0.2) is 24.3 Å². The molecule has 4 rings (SSSR count). The number of pyridine rings is 1. The number of benzene rings is 2. The van der Waals surface area contributed by atoms with Crippen LogP contribution in [0.2, 0.25) is 0 Å². The number of nitrogen functional groups attached to an aromatic ring is 1. The average molecular weight is 442 g/mol. The van der Waals surface area contributed by atoms with Gasteiger partial charge in [0.1, 0.15) is 23.1 Å². The summed E-state index contributed by atoms with van der Waals surface area (Å²) >= 11 is 0. The fourth-order valence-corrected chi connectivity index (χ4v) is 4.35. The van der Waals surface area contributed by atoms with Crippen LogP contribution in [0, 0.1) is 11.6 Å². The van der Waals surface area contributed by atoms with Gasteiger partial charge in [0.05, 0.1) is 15.3 Å². The van der Waals surface area contributed by atoms with Crippen LogP contribution in [0.1, 0.15) is 16.1 Å². The number of fused-ring (bicyclic) bond motifs is 1. The van der Waals surface area contributed by atoms with Crippen molar-refractivity contribution in [3.05, 3.63) is 83.7 Å². The summed E-state index contributed by atoms with van der Waals surface area (Å²) in [6.07, 6.45) is 1.56. The molecule has 0 aliphatic rings. The topological polar surface area (TPSA) is 118 Å². The van der Waals surface area contributed by atoms with Crippen molar-refractivity contribution < 1.29 is 22.0 Å². The summed E-state index contributed by atoms with van der Waals surface area (Å²) < 4.78 is 51.9. The zero-order valence-corrected chi connectivity index (χ0v) is 16.7. The molecule has 31 heavy (non-hydrogen) atoms. The Morgan fingerprint density at radius 1 is 1.00 bits per heavy atom. The van der Waals surface area contributed by atoms with E-state index in [0.29, 0.717) is 28.7 Å². The van der Waals surface area contributed by atoms with E-state index in [1.807, 2.05) is 0 Å². The lowest BCUT2D eigenvalue weighted by Gasteiger charge is -2.08. The third kappa shape index (κ3) is 4.24. The number of rotatable bonds is 5. The van der Waals surface area contributed by atoms with E-state index in [9.17, 15) is 22.0 Å². The summed E-state index contributed by atoms with van der Waals surface area (Å²) in [5.41, 5.74) is 7.28. The Morgan fingerprint density at radius 3 is 2.35 bits per heavy atom. The monoisotopic (exact) mass is 442 g/mol. The van der Waals surface area contributed by atoms with Crippen molar-refractivity contribution in [2.24, 2.45) is 0 Å². The van der Waals surface area contributed by atoms with Crippen molar-refractivity contribution in [1.29, 1.82) is 0 Å². The Kier molecular flexibility index (Phi) is 5.15. The molecule has 0 spiro atoms. The third-order valence-electron chi connectivity index (χ3n) is 4.60. The van der Waals surface area contributed by atoms with Gasteiger partial charge < -0.3 is 16.0 Å². The largest absolute Gasteiger partial charge is 0.384 e. The molecule has 0 aliphatic carbocycles. The quantitative estimate of drug-likeness (QED) is 0.439. The molecule has 4 aromatic rings. The molecule has 2 aromatic carbocycles. The molecule has 0 radical (unpaired) electrons. The van der Waals surface area contributed by atoms with Gasteiger partial charge in [-0.05, 0) is 35.9 Å². The highest BCUT2D eigenvalue weighted by molar-refractivity contribution is 7.91. The molecule has 4 N–H and O–H groups in total. The van der Waals surface area contributed by atoms with Crippen molar-refractivity contribution in [3.63, 3.8) is 0 Å². The molecule has 1 amide bonds. The fraction of sp³-hybridized carbons (Fsp3) is 0.0476. The summed E-state index contributed by atoms with van der Waals surface area (Å²) in [5.74, 6) is -1.99. The van der Waals surface area contributed by atoms with Crippen LogP contribution in [-0.2, 0) is 16.4 Å². The predicted molar refractivity (Wildman–Crippen MR) is 110 cm³/mol. The fourth-order valence-electron chi connectivity index (χ4n) is 3.05. The van der Waals surface area contributed by atoms with E-state index >= 15 is 0 Å². The number of aromatic nitrogens is 2. The van der Waals surface area contributed by atoms with E-state index in [-0.39, 0.29) is 17.3 Å². The molecule has 0 saturated carbocycles. The van der Waals surface area contributed by atoms with Gasteiger partial charge in [0, 0.05) is 30.3 Å². The van der Waals surface area contributed by atoms with Crippen LogP contribution in [0.25, 0.3) is 10.9 Å². The zero-order valence-electron chi connectivity index (χ0n) is 15.9. The highest BCUT2D eigenvalue weighted by Gasteiger charge is 2.19. The second-order valence-electron chi connectivity index (χ2n) is 6.81. The van der Waals surface area contributed by atoms with Gasteiger partial charge in [0.15, 0.2) is 0 Å². The predicted octanol–water partition coefficient (Wildman–Crippen LogP) is 3.19. The Labute approximate surface area is 175 Å². The Bertz CT molecular complexity index is 1380. The lowest BCUT2D eigenvalue weighted by Crippen LogP contribution is -2.23. The number of carbonyl (C=O) groups is 1. The first-order chi connectivity index (χ1) is 14.7. The zero-order chi connectivity index (χ0) is 22.2. The van der Waals surface area contributed by atoms with Crippen molar-refractivity contribution in [1.82, 2.24) is 15.3 Å². The van der Waals surface area contributed by atoms with Gasteiger partial charge >= 0.3 is 0 Å². The van der Waals surface area contributed by atoms with Crippen LogP contribution in [0.3, 0.4) is 0 Å². The number of carbonyl (C=O) groups excluding carboxylic acids is 1. The first-order valence-corrected chi connectivity index (χ1v) is 10.5. The summed E-state index contributed by atoms with van der Waals surface area (Å²) in [5, 5.41) is 3.46. The van der Waals surface area contributed by atoms with E-state index in [4.69, 9.17) is 5.73 Å². The van der Waals surface area contributed by atoms with Crippen LogP contribution in [0.5, 0.6) is 0 Å². The molecule has 0 unspecified atom stereocenters. The molecule has 158 valence electrons. The first kappa shape index (κ1) is 20.5. The van der Waals surface area contributed by atoms with E-state index in [2.05, 4.69) is 15.3 Å². The van der Waals surface area contributed by atoms with Gasteiger partial charge in [-0.15, -0.1) is 0 Å². The Morgan fingerprint density at radius 2 is 1.68 bits per heavy atom. The molecule has 0 bridgehead atoms. The van der Waals surface area contributed by atoms with E-state index in [0.717, 1.165) is 17.5 Å². The van der Waals surface area contributed by atoms with Gasteiger partial charge in [-0.2, -0.15) is 0 Å². The van der Waals surface area contributed by atoms with Crippen molar-refractivity contribution in [2.75, 3.05) is 5.73 Å². The molecule has 10 heteroatoms. The molecular weight excluding hydrogens is 426 g/mol. The number of nitrogens with one attached hydrogen (secondary N) is 2. The lowest BCUT2D eigenvalue weighted by molar-refractivity contribution is 0.0946. The SMILES string of the molecule is Nc1cc2[nH]c(C(=O)NCc3ccc(S(=O)(=O)c4cc(F)cc(F)c4)cc3)cc2cn1. The molecule has 0 fully saturated rings. The van der Waals surface area contributed by atoms with Crippen molar-refractivity contribution >= 4 is 32.5 Å². The lowest BCUT2D eigenvalue weighted by atomic mass is 10.2. The molecule has 0 atom stereocenters. The number of hydrogen-bond donors (Lipinski definition) is 3. The standard InChI is InChI=1S/C21H16F2N4O3S/c22-14-6-15(23)8-17(7-14)31(29,30)16-3-1-12(2-4-16)10-26-21(28)19-5-13-11-25-20(24)9-18(13)27-19/h1-9,11,27H,10H2,(H2,24,25)(H,26,28). The number of anilines is 1. The van der Waals surface area contributed by atoms with Gasteiger partial charge in [-0.25, -0.2) is 22.2 Å². The Balaban J connectivity index is 1.47. The average Bonchev–Trinajstić information content (AvgIpc) is 3.15. The van der Waals surface area contributed by atoms with Crippen molar-refractivity contribution in [2.45, 2.75) is 16.3 Å². The van der Waals surface area contributed by atoms with Crippen LogP contribution in [0.4, 0.5) is 14.6 Å². The number of nitrogens with two attached hydrogens (primary N) is 1. The Hall–Kier alpha value is -3.79. The number of nitrogens with zero attached hydrogens (tertiary/aromatic N) is 1. The number of halogens is 2. The molecule has 7 nitrogen and oxygen atoms in total. The molecule has 2 aromatic heterocycles. The molecule has 0 aliphatic heterocycles. The number of H-pyrrole nitrogens is 1. The maximum absolute atomic E-state index is 13.4. The van der Waals surface area contributed by atoms with Gasteiger partial charge in [0.2, 0.25) is 9.84 Å². The van der Waals surface area contributed by atoms with E-state index in [1.165, 1.54) is 24.3 Å². The third-order valence-corrected chi connectivity index (χ3v) is 6.35. The minimum Gasteiger partial charge on any atom is -0.384 e. The number of amides is 1. The van der Waals surface area contributed by atoms with Gasteiger partial charge in [0.25, 0.3) is 5.91 Å². The number of aromatic amines is 1. The van der Waals surface area contributed by atoms with Crippen LogP contribution >= 0.6 is 0 Å². The first-order valence-electron chi connectivity index (χ1n) is 9.05. The minimum atomic E-state index is -4.08. The summed E-state index contributed by atoms with van der Waals surface area (Å²) in [6, 6.07) is 11.0. The highest BCUT2D eigenvalue weighted by atomic mass is 32.2. The molecule has 0 saturated heterocycles. The second-order valence-corrected chi connectivity index (χ2v) is 8.76. The maximum Gasteiger partial charge on any atom is 0.267 e.